The standard InChI is InChI=1S/C18H21NO2/c1-13-10-19(11-14-6-2-3-7-15(13)14)12-18(21)16-8-4-5-9-17(16)20/h2-9,13-15,20H,10-12H2,1H3/t13-,14-,15+/m1/s1. The van der Waals surface area contributed by atoms with Gasteiger partial charge in [-0.2, -0.15) is 0 Å². The first-order valence-corrected chi connectivity index (χ1v) is 7.53. The molecule has 1 aliphatic carbocycles. The van der Waals surface area contributed by atoms with Gasteiger partial charge in [-0.05, 0) is 29.9 Å². The van der Waals surface area contributed by atoms with E-state index < -0.39 is 0 Å². The summed E-state index contributed by atoms with van der Waals surface area (Å²) >= 11 is 0. The lowest BCUT2D eigenvalue weighted by Gasteiger charge is -2.41. The number of Topliss-reactive ketones (excluding diaryl/α,β-unsaturated/α-hetero) is 1. The lowest BCUT2D eigenvalue weighted by Crippen LogP contribution is -2.46. The van der Waals surface area contributed by atoms with E-state index in [1.54, 1.807) is 24.3 Å². The second-order valence-corrected chi connectivity index (χ2v) is 6.12. The first-order chi connectivity index (χ1) is 10.1. The Bertz CT molecular complexity index is 591. The average molecular weight is 283 g/mol. The van der Waals surface area contributed by atoms with Crippen molar-refractivity contribution in [2.45, 2.75) is 6.92 Å². The van der Waals surface area contributed by atoms with Gasteiger partial charge in [-0.1, -0.05) is 43.4 Å². The fourth-order valence-electron chi connectivity index (χ4n) is 3.49. The van der Waals surface area contributed by atoms with Crippen molar-refractivity contribution in [3.8, 4) is 5.75 Å². The van der Waals surface area contributed by atoms with Gasteiger partial charge in [0, 0.05) is 13.1 Å². The summed E-state index contributed by atoms with van der Waals surface area (Å²) in [6, 6.07) is 6.78. The number of ketones is 1. The Morgan fingerprint density at radius 2 is 2.00 bits per heavy atom. The van der Waals surface area contributed by atoms with Crippen LogP contribution in [0.1, 0.15) is 17.3 Å². The van der Waals surface area contributed by atoms with E-state index in [1.807, 2.05) is 0 Å². The number of allylic oxidation sites excluding steroid dienone is 3. The van der Waals surface area contributed by atoms with E-state index in [2.05, 4.69) is 36.1 Å². The van der Waals surface area contributed by atoms with Crippen LogP contribution in [0.5, 0.6) is 5.75 Å². The zero-order chi connectivity index (χ0) is 14.8. The van der Waals surface area contributed by atoms with Crippen LogP contribution in [0.4, 0.5) is 0 Å². The number of phenols is 1. The molecule has 1 fully saturated rings. The van der Waals surface area contributed by atoms with E-state index in [1.165, 1.54) is 0 Å². The summed E-state index contributed by atoms with van der Waals surface area (Å²) in [5, 5.41) is 9.79. The Hall–Kier alpha value is -1.87. The molecule has 0 unspecified atom stereocenters. The molecule has 3 nitrogen and oxygen atoms in total. The number of carbonyl (C=O) groups is 1. The Morgan fingerprint density at radius 1 is 1.24 bits per heavy atom. The number of para-hydroxylation sites is 1. The fraction of sp³-hybridized carbons (Fsp3) is 0.389. The van der Waals surface area contributed by atoms with E-state index in [4.69, 9.17) is 0 Å². The molecule has 3 rings (SSSR count). The number of phenolic OH excluding ortho intramolecular Hbond substituents is 1. The molecule has 1 aromatic rings. The van der Waals surface area contributed by atoms with Crippen LogP contribution in [0.2, 0.25) is 0 Å². The van der Waals surface area contributed by atoms with Crippen molar-refractivity contribution < 1.29 is 9.90 Å². The Balaban J connectivity index is 1.69. The van der Waals surface area contributed by atoms with Crippen molar-refractivity contribution >= 4 is 5.78 Å². The van der Waals surface area contributed by atoms with Crippen LogP contribution in [0.25, 0.3) is 0 Å². The molecule has 3 atom stereocenters. The summed E-state index contributed by atoms with van der Waals surface area (Å²) < 4.78 is 0. The summed E-state index contributed by atoms with van der Waals surface area (Å²) in [7, 11) is 0. The second-order valence-electron chi connectivity index (χ2n) is 6.12. The van der Waals surface area contributed by atoms with Crippen LogP contribution in [0.15, 0.2) is 48.6 Å². The minimum atomic E-state index is -0.00548. The molecule has 21 heavy (non-hydrogen) atoms. The molecule has 1 heterocycles. The van der Waals surface area contributed by atoms with Gasteiger partial charge in [0.2, 0.25) is 0 Å². The van der Waals surface area contributed by atoms with Crippen molar-refractivity contribution in [1.29, 1.82) is 0 Å². The highest BCUT2D eigenvalue weighted by Gasteiger charge is 2.33. The molecule has 0 bridgehead atoms. The van der Waals surface area contributed by atoms with Crippen molar-refractivity contribution in [1.82, 2.24) is 4.90 Å². The van der Waals surface area contributed by atoms with Crippen molar-refractivity contribution in [2.75, 3.05) is 19.6 Å². The van der Waals surface area contributed by atoms with Crippen LogP contribution < -0.4 is 0 Å². The topological polar surface area (TPSA) is 40.5 Å². The van der Waals surface area contributed by atoms with Crippen molar-refractivity contribution in [3.05, 3.63) is 54.1 Å². The molecule has 1 aliphatic heterocycles. The van der Waals surface area contributed by atoms with Gasteiger partial charge in [-0.15, -0.1) is 0 Å². The maximum atomic E-state index is 12.4. The summed E-state index contributed by atoms with van der Waals surface area (Å²) in [6.45, 7) is 4.47. The molecule has 110 valence electrons. The molecular formula is C18H21NO2. The third-order valence-electron chi connectivity index (χ3n) is 4.54. The highest BCUT2D eigenvalue weighted by molar-refractivity contribution is 5.99. The number of hydrogen-bond donors (Lipinski definition) is 1. The Labute approximate surface area is 125 Å². The quantitative estimate of drug-likeness (QED) is 0.867. The number of nitrogens with zero attached hydrogens (tertiary/aromatic N) is 1. The summed E-state index contributed by atoms with van der Waals surface area (Å²) in [4.78, 5) is 14.6. The number of fused-ring (bicyclic) bond motifs is 1. The number of likely N-dealkylation sites (tertiary alicyclic amines) is 1. The zero-order valence-electron chi connectivity index (χ0n) is 12.3. The number of rotatable bonds is 3. The molecule has 1 saturated heterocycles. The predicted molar refractivity (Wildman–Crippen MR) is 83.3 cm³/mol. The van der Waals surface area contributed by atoms with Crippen LogP contribution in [0.3, 0.4) is 0 Å². The minimum Gasteiger partial charge on any atom is -0.507 e. The van der Waals surface area contributed by atoms with E-state index in [9.17, 15) is 9.90 Å². The highest BCUT2D eigenvalue weighted by Crippen LogP contribution is 2.32. The molecule has 3 heteroatoms. The highest BCUT2D eigenvalue weighted by atomic mass is 16.3. The molecule has 0 spiro atoms. The largest absolute Gasteiger partial charge is 0.507 e. The van der Waals surface area contributed by atoms with E-state index >= 15 is 0 Å². The molecular weight excluding hydrogens is 262 g/mol. The third kappa shape index (κ3) is 2.93. The summed E-state index contributed by atoms with van der Waals surface area (Å²) in [5.41, 5.74) is 0.423. The number of carbonyl (C=O) groups excluding carboxylic acids is 1. The minimum absolute atomic E-state index is 0.00548. The number of aromatic hydroxyl groups is 1. The van der Waals surface area contributed by atoms with Crippen LogP contribution in [-0.2, 0) is 0 Å². The molecule has 1 aromatic carbocycles. The van der Waals surface area contributed by atoms with Gasteiger partial charge >= 0.3 is 0 Å². The van der Waals surface area contributed by atoms with E-state index in [-0.39, 0.29) is 11.5 Å². The average Bonchev–Trinajstić information content (AvgIpc) is 2.47. The van der Waals surface area contributed by atoms with Gasteiger partial charge in [0.1, 0.15) is 5.75 Å². The lowest BCUT2D eigenvalue weighted by atomic mass is 9.76. The molecule has 1 N–H and O–H groups in total. The summed E-state index contributed by atoms with van der Waals surface area (Å²) in [5.74, 6) is 1.70. The first kappa shape index (κ1) is 14.1. The van der Waals surface area contributed by atoms with Gasteiger partial charge in [0.25, 0.3) is 0 Å². The van der Waals surface area contributed by atoms with E-state index in [0.29, 0.717) is 29.9 Å². The maximum Gasteiger partial charge on any atom is 0.180 e. The monoisotopic (exact) mass is 283 g/mol. The second kappa shape index (κ2) is 5.86. The van der Waals surface area contributed by atoms with Gasteiger partial charge in [-0.3, -0.25) is 9.69 Å². The first-order valence-electron chi connectivity index (χ1n) is 7.53. The normalized spacial score (nSPS) is 28.3. The smallest absolute Gasteiger partial charge is 0.180 e. The molecule has 0 saturated carbocycles. The number of hydrogen-bond acceptors (Lipinski definition) is 3. The third-order valence-corrected chi connectivity index (χ3v) is 4.54. The van der Waals surface area contributed by atoms with Crippen LogP contribution in [0, 0.1) is 17.8 Å². The maximum absolute atomic E-state index is 12.4. The van der Waals surface area contributed by atoms with Crippen LogP contribution >= 0.6 is 0 Å². The predicted octanol–water partition coefficient (Wildman–Crippen LogP) is 2.89. The van der Waals surface area contributed by atoms with Crippen molar-refractivity contribution in [2.24, 2.45) is 17.8 Å². The number of piperidine rings is 1. The molecule has 0 amide bonds. The SMILES string of the molecule is C[C@@H]1CN(CC(=O)c2ccccc2O)C[C@H]2C=CC=C[C@@H]12. The van der Waals surface area contributed by atoms with Gasteiger partial charge < -0.3 is 5.11 Å². The fourth-order valence-corrected chi connectivity index (χ4v) is 3.49. The lowest BCUT2D eigenvalue weighted by molar-refractivity contribution is 0.0798. The van der Waals surface area contributed by atoms with E-state index in [0.717, 1.165) is 13.1 Å². The van der Waals surface area contributed by atoms with Crippen LogP contribution in [-0.4, -0.2) is 35.4 Å². The molecule has 0 aromatic heterocycles. The number of benzene rings is 1. The molecule has 2 aliphatic rings. The zero-order valence-corrected chi connectivity index (χ0v) is 12.3. The van der Waals surface area contributed by atoms with Gasteiger partial charge in [0.15, 0.2) is 5.78 Å². The van der Waals surface area contributed by atoms with Crippen molar-refractivity contribution in [3.63, 3.8) is 0 Å². The Morgan fingerprint density at radius 3 is 2.81 bits per heavy atom. The van der Waals surface area contributed by atoms with Gasteiger partial charge in [0.05, 0.1) is 12.1 Å². The van der Waals surface area contributed by atoms with Gasteiger partial charge in [-0.25, -0.2) is 0 Å². The molecule has 0 radical (unpaired) electrons. The summed E-state index contributed by atoms with van der Waals surface area (Å²) in [6.07, 6.45) is 8.76. The Kier molecular flexibility index (Phi) is 3.93.